The summed E-state index contributed by atoms with van der Waals surface area (Å²) < 4.78 is 0. The van der Waals surface area contributed by atoms with Crippen LogP contribution >= 0.6 is 0 Å². The third kappa shape index (κ3) is 2.90. The number of aromatic nitrogens is 2. The Bertz CT molecular complexity index is 388. The molecule has 1 aromatic heterocycles. The lowest BCUT2D eigenvalue weighted by molar-refractivity contribution is 0.172. The molecule has 0 bridgehead atoms. The molecule has 0 radical (unpaired) electrons. The third-order valence-corrected chi connectivity index (χ3v) is 3.55. The molecule has 1 aliphatic carbocycles. The summed E-state index contributed by atoms with van der Waals surface area (Å²) in [5.74, 6) is 1.48. The number of aliphatic hydroxyl groups excluding tert-OH is 1. The molecule has 2 N–H and O–H groups in total. The van der Waals surface area contributed by atoms with Crippen molar-refractivity contribution >= 4 is 11.8 Å². The fourth-order valence-corrected chi connectivity index (χ4v) is 2.46. The van der Waals surface area contributed by atoms with Gasteiger partial charge in [0.15, 0.2) is 0 Å². The molecule has 0 saturated heterocycles. The normalized spacial score (nSPS) is 18.4. The molecule has 0 aromatic carbocycles. The minimum Gasteiger partial charge on any atom is -0.394 e. The molecule has 0 aliphatic heterocycles. The van der Waals surface area contributed by atoms with Gasteiger partial charge in [-0.05, 0) is 18.9 Å². The molecular formula is C13H22N4O. The van der Waals surface area contributed by atoms with Crippen LogP contribution in [-0.2, 0) is 0 Å². The first-order valence-corrected chi connectivity index (χ1v) is 6.55. The molecule has 0 spiro atoms. The molecule has 1 aliphatic rings. The Labute approximate surface area is 108 Å². The summed E-state index contributed by atoms with van der Waals surface area (Å²) in [4.78, 5) is 10.5. The smallest absolute Gasteiger partial charge is 0.226 e. The van der Waals surface area contributed by atoms with Crippen LogP contribution in [0.4, 0.5) is 11.8 Å². The van der Waals surface area contributed by atoms with Gasteiger partial charge in [-0.1, -0.05) is 19.3 Å². The second-order valence-corrected chi connectivity index (χ2v) is 5.26. The zero-order valence-electron chi connectivity index (χ0n) is 11.2. The van der Waals surface area contributed by atoms with Crippen LogP contribution in [0, 0.1) is 0 Å². The standard InChI is InChI=1S/C13H22N4O/c1-17(2)12-14-9-6-11(15-12)16-13(10-18)7-4-3-5-8-13/h6,9,18H,3-5,7-8,10H2,1-2H3,(H,14,15,16). The fraction of sp³-hybridized carbons (Fsp3) is 0.692. The lowest BCUT2D eigenvalue weighted by Crippen LogP contribution is -2.44. The summed E-state index contributed by atoms with van der Waals surface area (Å²) in [6.45, 7) is 0.161. The van der Waals surface area contributed by atoms with E-state index in [4.69, 9.17) is 0 Å². The zero-order valence-corrected chi connectivity index (χ0v) is 11.2. The predicted octanol–water partition coefficient (Wildman–Crippen LogP) is 1.65. The SMILES string of the molecule is CN(C)c1nccc(NC2(CO)CCCCC2)n1. The van der Waals surface area contributed by atoms with Crippen LogP contribution in [0.25, 0.3) is 0 Å². The van der Waals surface area contributed by atoms with Crippen LogP contribution in [0.5, 0.6) is 0 Å². The van der Waals surface area contributed by atoms with Gasteiger partial charge in [-0.3, -0.25) is 0 Å². The number of nitrogens with zero attached hydrogens (tertiary/aromatic N) is 3. The highest BCUT2D eigenvalue weighted by atomic mass is 16.3. The predicted molar refractivity (Wildman–Crippen MR) is 72.9 cm³/mol. The summed E-state index contributed by atoms with van der Waals surface area (Å²) in [6.07, 6.45) is 7.35. The topological polar surface area (TPSA) is 61.3 Å². The van der Waals surface area contributed by atoms with Crippen molar-refractivity contribution in [3.8, 4) is 0 Å². The Morgan fingerprint density at radius 2 is 2.06 bits per heavy atom. The number of anilines is 2. The highest BCUT2D eigenvalue weighted by Crippen LogP contribution is 2.30. The molecule has 5 nitrogen and oxygen atoms in total. The van der Waals surface area contributed by atoms with Gasteiger partial charge in [0.25, 0.3) is 0 Å². The molecule has 1 aromatic rings. The van der Waals surface area contributed by atoms with Crippen LogP contribution in [0.2, 0.25) is 0 Å². The largest absolute Gasteiger partial charge is 0.394 e. The number of hydrogen-bond acceptors (Lipinski definition) is 5. The first-order valence-electron chi connectivity index (χ1n) is 6.55. The van der Waals surface area contributed by atoms with E-state index in [2.05, 4.69) is 15.3 Å². The molecule has 0 amide bonds. The van der Waals surface area contributed by atoms with E-state index >= 15 is 0 Å². The Kier molecular flexibility index (Phi) is 4.01. The van der Waals surface area contributed by atoms with E-state index in [1.807, 2.05) is 25.1 Å². The summed E-state index contributed by atoms with van der Waals surface area (Å²) in [5, 5.41) is 13.1. The molecule has 5 heteroatoms. The first-order chi connectivity index (χ1) is 8.65. The first kappa shape index (κ1) is 13.1. The Hall–Kier alpha value is -1.36. The van der Waals surface area contributed by atoms with E-state index in [-0.39, 0.29) is 12.1 Å². The van der Waals surface area contributed by atoms with E-state index in [1.54, 1.807) is 6.20 Å². The minimum absolute atomic E-state index is 0.161. The molecule has 1 saturated carbocycles. The van der Waals surface area contributed by atoms with Gasteiger partial charge in [0, 0.05) is 20.3 Å². The highest BCUT2D eigenvalue weighted by molar-refractivity contribution is 5.42. The summed E-state index contributed by atoms with van der Waals surface area (Å²) in [5.41, 5.74) is -0.198. The monoisotopic (exact) mass is 250 g/mol. The molecule has 1 fully saturated rings. The van der Waals surface area contributed by atoms with E-state index in [1.165, 1.54) is 19.3 Å². The summed E-state index contributed by atoms with van der Waals surface area (Å²) in [7, 11) is 3.84. The van der Waals surface area contributed by atoms with E-state index < -0.39 is 0 Å². The van der Waals surface area contributed by atoms with Crippen LogP contribution in [0.15, 0.2) is 12.3 Å². The Balaban J connectivity index is 2.13. The average Bonchev–Trinajstić information content (AvgIpc) is 2.40. The maximum atomic E-state index is 9.67. The average molecular weight is 250 g/mol. The lowest BCUT2D eigenvalue weighted by atomic mass is 9.82. The van der Waals surface area contributed by atoms with Crippen LogP contribution in [0.3, 0.4) is 0 Å². The van der Waals surface area contributed by atoms with Crippen molar-refractivity contribution in [2.75, 3.05) is 30.9 Å². The van der Waals surface area contributed by atoms with Gasteiger partial charge in [0.1, 0.15) is 5.82 Å². The van der Waals surface area contributed by atoms with Crippen molar-refractivity contribution in [2.45, 2.75) is 37.6 Å². The summed E-state index contributed by atoms with van der Waals surface area (Å²) in [6, 6.07) is 1.86. The van der Waals surface area contributed by atoms with Gasteiger partial charge in [0.2, 0.25) is 5.95 Å². The molecule has 2 rings (SSSR count). The number of aliphatic hydroxyl groups is 1. The quantitative estimate of drug-likeness (QED) is 0.851. The molecular weight excluding hydrogens is 228 g/mol. The minimum atomic E-state index is -0.198. The molecule has 0 atom stereocenters. The van der Waals surface area contributed by atoms with Gasteiger partial charge in [-0.15, -0.1) is 0 Å². The maximum Gasteiger partial charge on any atom is 0.226 e. The van der Waals surface area contributed by atoms with Crippen LogP contribution < -0.4 is 10.2 Å². The third-order valence-electron chi connectivity index (χ3n) is 3.55. The van der Waals surface area contributed by atoms with Crippen molar-refractivity contribution in [2.24, 2.45) is 0 Å². The molecule has 0 unspecified atom stereocenters. The maximum absolute atomic E-state index is 9.67. The van der Waals surface area contributed by atoms with Crippen LogP contribution in [-0.4, -0.2) is 41.3 Å². The van der Waals surface area contributed by atoms with Crippen molar-refractivity contribution < 1.29 is 5.11 Å². The van der Waals surface area contributed by atoms with Crippen molar-refractivity contribution in [3.63, 3.8) is 0 Å². The molecule has 18 heavy (non-hydrogen) atoms. The van der Waals surface area contributed by atoms with Crippen molar-refractivity contribution in [1.82, 2.24) is 9.97 Å². The molecule has 1 heterocycles. The fourth-order valence-electron chi connectivity index (χ4n) is 2.46. The van der Waals surface area contributed by atoms with Gasteiger partial charge in [-0.25, -0.2) is 4.98 Å². The van der Waals surface area contributed by atoms with E-state index in [0.29, 0.717) is 5.95 Å². The Morgan fingerprint density at radius 3 is 2.67 bits per heavy atom. The van der Waals surface area contributed by atoms with Gasteiger partial charge < -0.3 is 15.3 Å². The number of nitrogens with one attached hydrogen (secondary N) is 1. The van der Waals surface area contributed by atoms with Crippen molar-refractivity contribution in [1.29, 1.82) is 0 Å². The van der Waals surface area contributed by atoms with Gasteiger partial charge >= 0.3 is 0 Å². The highest BCUT2D eigenvalue weighted by Gasteiger charge is 2.31. The zero-order chi connectivity index (χ0) is 13.0. The van der Waals surface area contributed by atoms with E-state index in [9.17, 15) is 5.11 Å². The van der Waals surface area contributed by atoms with Gasteiger partial charge in [0.05, 0.1) is 12.1 Å². The second kappa shape index (κ2) is 5.52. The van der Waals surface area contributed by atoms with Gasteiger partial charge in [-0.2, -0.15) is 4.98 Å². The lowest BCUT2D eigenvalue weighted by Gasteiger charge is -2.37. The second-order valence-electron chi connectivity index (χ2n) is 5.26. The summed E-state index contributed by atoms with van der Waals surface area (Å²) >= 11 is 0. The van der Waals surface area contributed by atoms with E-state index in [0.717, 1.165) is 18.7 Å². The van der Waals surface area contributed by atoms with Crippen LogP contribution in [0.1, 0.15) is 32.1 Å². The van der Waals surface area contributed by atoms with Crippen molar-refractivity contribution in [3.05, 3.63) is 12.3 Å². The Morgan fingerprint density at radius 1 is 1.33 bits per heavy atom. The number of rotatable bonds is 4. The number of hydrogen-bond donors (Lipinski definition) is 2. The molecule has 100 valence electrons.